The lowest BCUT2D eigenvalue weighted by atomic mass is 9.90. The van der Waals surface area contributed by atoms with E-state index in [4.69, 9.17) is 4.52 Å². The highest BCUT2D eigenvalue weighted by molar-refractivity contribution is 7.08. The summed E-state index contributed by atoms with van der Waals surface area (Å²) < 4.78 is 5.36. The van der Waals surface area contributed by atoms with Crippen LogP contribution in [-0.4, -0.2) is 34.0 Å². The third-order valence-corrected chi connectivity index (χ3v) is 5.07. The minimum atomic E-state index is 0.162. The number of likely N-dealkylation sites (tertiary alicyclic amines) is 1. The summed E-state index contributed by atoms with van der Waals surface area (Å²) in [5.74, 6) is 1.91. The molecule has 114 valence electrons. The van der Waals surface area contributed by atoms with E-state index in [-0.39, 0.29) is 17.7 Å². The van der Waals surface area contributed by atoms with Gasteiger partial charge in [-0.1, -0.05) is 17.3 Å². The molecule has 1 aliphatic carbocycles. The van der Waals surface area contributed by atoms with Gasteiger partial charge < -0.3 is 9.42 Å². The van der Waals surface area contributed by atoms with E-state index in [2.05, 4.69) is 22.3 Å². The zero-order valence-electron chi connectivity index (χ0n) is 12.1. The lowest BCUT2D eigenvalue weighted by Crippen LogP contribution is -2.50. The van der Waals surface area contributed by atoms with Crippen molar-refractivity contribution in [2.45, 2.75) is 25.2 Å². The molecular formula is C16H17N3O2S. The van der Waals surface area contributed by atoms with E-state index in [1.165, 1.54) is 0 Å². The van der Waals surface area contributed by atoms with Crippen LogP contribution in [0.15, 0.2) is 33.5 Å². The fraction of sp³-hybridized carbons (Fsp3) is 0.438. The number of rotatable bonds is 3. The molecule has 0 aromatic carbocycles. The number of allylic oxidation sites excluding steroid dienone is 2. The molecular weight excluding hydrogens is 298 g/mol. The highest BCUT2D eigenvalue weighted by atomic mass is 32.1. The fourth-order valence-corrected chi connectivity index (χ4v) is 3.64. The van der Waals surface area contributed by atoms with E-state index >= 15 is 0 Å². The summed E-state index contributed by atoms with van der Waals surface area (Å²) in [7, 11) is 0. The van der Waals surface area contributed by atoms with Gasteiger partial charge in [0.15, 0.2) is 0 Å². The van der Waals surface area contributed by atoms with Gasteiger partial charge in [0.2, 0.25) is 17.6 Å². The Balaban J connectivity index is 1.37. The number of nitrogens with zero attached hydrogens (tertiary/aromatic N) is 3. The Hall–Kier alpha value is -1.95. The zero-order chi connectivity index (χ0) is 14.9. The van der Waals surface area contributed by atoms with Gasteiger partial charge in [0, 0.05) is 30.0 Å². The molecule has 5 nitrogen and oxygen atoms in total. The van der Waals surface area contributed by atoms with Gasteiger partial charge in [0.05, 0.1) is 5.92 Å². The van der Waals surface area contributed by atoms with Crippen LogP contribution >= 0.6 is 11.3 Å². The highest BCUT2D eigenvalue weighted by Gasteiger charge is 2.38. The largest absolute Gasteiger partial charge is 0.341 e. The van der Waals surface area contributed by atoms with Crippen molar-refractivity contribution in [3.63, 3.8) is 0 Å². The van der Waals surface area contributed by atoms with Crippen molar-refractivity contribution in [2.24, 2.45) is 5.92 Å². The molecule has 4 rings (SSSR count). The molecule has 1 amide bonds. The SMILES string of the molecule is O=C(C1CC=CCC1)N1CC(c2nc(-c3ccsc3)no2)C1. The number of aromatic nitrogens is 2. The normalized spacial score (nSPS) is 21.8. The maximum absolute atomic E-state index is 12.4. The Morgan fingerprint density at radius 3 is 3.00 bits per heavy atom. The Labute approximate surface area is 132 Å². The summed E-state index contributed by atoms with van der Waals surface area (Å²) in [4.78, 5) is 18.8. The third-order valence-electron chi connectivity index (χ3n) is 4.38. The standard InChI is InChI=1S/C16H17N3O2S/c20-16(11-4-2-1-3-5-11)19-8-13(9-19)15-17-14(18-21-15)12-6-7-22-10-12/h1-2,6-7,10-11,13H,3-5,8-9H2. The van der Waals surface area contributed by atoms with Gasteiger partial charge in [-0.25, -0.2) is 0 Å². The van der Waals surface area contributed by atoms with Crippen LogP contribution in [-0.2, 0) is 4.79 Å². The Bertz CT molecular complexity index is 686. The van der Waals surface area contributed by atoms with E-state index in [9.17, 15) is 4.79 Å². The Morgan fingerprint density at radius 1 is 1.36 bits per heavy atom. The number of thiophene rings is 1. The van der Waals surface area contributed by atoms with Crippen molar-refractivity contribution in [3.05, 3.63) is 34.9 Å². The average Bonchev–Trinajstić information content (AvgIpc) is 3.17. The summed E-state index contributed by atoms with van der Waals surface area (Å²) >= 11 is 1.61. The molecule has 2 aliphatic rings. The molecule has 2 aromatic heterocycles. The Kier molecular flexibility index (Phi) is 3.54. The molecule has 1 fully saturated rings. The van der Waals surface area contributed by atoms with Crippen LogP contribution in [0.1, 0.15) is 31.1 Å². The molecule has 0 spiro atoms. The van der Waals surface area contributed by atoms with E-state index in [1.807, 2.05) is 21.7 Å². The fourth-order valence-electron chi connectivity index (χ4n) is 3.00. The predicted octanol–water partition coefficient (Wildman–Crippen LogP) is 3.08. The van der Waals surface area contributed by atoms with Crippen LogP contribution in [0.5, 0.6) is 0 Å². The quantitative estimate of drug-likeness (QED) is 0.817. The number of carbonyl (C=O) groups is 1. The average molecular weight is 315 g/mol. The minimum absolute atomic E-state index is 0.162. The molecule has 1 atom stereocenters. The lowest BCUT2D eigenvalue weighted by Gasteiger charge is -2.39. The van der Waals surface area contributed by atoms with E-state index < -0.39 is 0 Å². The summed E-state index contributed by atoms with van der Waals surface area (Å²) in [6, 6.07) is 1.98. The van der Waals surface area contributed by atoms with Crippen molar-refractivity contribution in [1.29, 1.82) is 0 Å². The van der Waals surface area contributed by atoms with Crippen LogP contribution in [0, 0.1) is 5.92 Å². The molecule has 3 heterocycles. The molecule has 0 saturated carbocycles. The van der Waals surface area contributed by atoms with E-state index in [0.717, 1.165) is 24.8 Å². The van der Waals surface area contributed by atoms with E-state index in [0.29, 0.717) is 24.8 Å². The van der Waals surface area contributed by atoms with Gasteiger partial charge in [-0.3, -0.25) is 4.79 Å². The maximum atomic E-state index is 12.4. The molecule has 0 radical (unpaired) electrons. The molecule has 1 aliphatic heterocycles. The molecule has 6 heteroatoms. The topological polar surface area (TPSA) is 59.2 Å². The molecule has 1 saturated heterocycles. The summed E-state index contributed by atoms with van der Waals surface area (Å²) in [5.41, 5.74) is 0.987. The van der Waals surface area contributed by atoms with Gasteiger partial charge in [0.1, 0.15) is 0 Å². The number of amides is 1. The maximum Gasteiger partial charge on any atom is 0.233 e. The first-order valence-corrected chi connectivity index (χ1v) is 8.55. The van der Waals surface area contributed by atoms with Gasteiger partial charge in [-0.05, 0) is 30.7 Å². The number of hydrogen-bond acceptors (Lipinski definition) is 5. The van der Waals surface area contributed by atoms with Crippen molar-refractivity contribution in [1.82, 2.24) is 15.0 Å². The zero-order valence-corrected chi connectivity index (χ0v) is 13.0. The monoisotopic (exact) mass is 315 g/mol. The highest BCUT2D eigenvalue weighted by Crippen LogP contribution is 2.31. The van der Waals surface area contributed by atoms with Gasteiger partial charge in [0.25, 0.3) is 0 Å². The molecule has 2 aromatic rings. The van der Waals surface area contributed by atoms with Crippen LogP contribution in [0.3, 0.4) is 0 Å². The Morgan fingerprint density at radius 2 is 2.27 bits per heavy atom. The molecule has 1 unspecified atom stereocenters. The second-order valence-electron chi connectivity index (χ2n) is 5.89. The summed E-state index contributed by atoms with van der Waals surface area (Å²) in [6.07, 6.45) is 7.14. The first-order valence-electron chi connectivity index (χ1n) is 7.61. The van der Waals surface area contributed by atoms with Crippen LogP contribution < -0.4 is 0 Å². The van der Waals surface area contributed by atoms with Gasteiger partial charge in [-0.15, -0.1) is 0 Å². The van der Waals surface area contributed by atoms with Gasteiger partial charge in [-0.2, -0.15) is 16.3 Å². The summed E-state index contributed by atoms with van der Waals surface area (Å²) in [5, 5.41) is 8.02. The minimum Gasteiger partial charge on any atom is -0.341 e. The number of hydrogen-bond donors (Lipinski definition) is 0. The van der Waals surface area contributed by atoms with Crippen molar-refractivity contribution in [3.8, 4) is 11.4 Å². The lowest BCUT2D eigenvalue weighted by molar-refractivity contribution is -0.140. The van der Waals surface area contributed by atoms with Crippen LogP contribution in [0.4, 0.5) is 0 Å². The van der Waals surface area contributed by atoms with Crippen molar-refractivity contribution in [2.75, 3.05) is 13.1 Å². The third kappa shape index (κ3) is 2.47. The first-order chi connectivity index (χ1) is 10.8. The van der Waals surface area contributed by atoms with Crippen molar-refractivity contribution >= 4 is 17.2 Å². The van der Waals surface area contributed by atoms with Crippen LogP contribution in [0.2, 0.25) is 0 Å². The first kappa shape index (κ1) is 13.7. The van der Waals surface area contributed by atoms with Gasteiger partial charge >= 0.3 is 0 Å². The molecule has 0 bridgehead atoms. The smallest absolute Gasteiger partial charge is 0.233 e. The number of carbonyl (C=O) groups excluding carboxylic acids is 1. The summed E-state index contributed by atoms with van der Waals surface area (Å²) in [6.45, 7) is 1.40. The van der Waals surface area contributed by atoms with E-state index in [1.54, 1.807) is 11.3 Å². The second kappa shape index (κ2) is 5.68. The predicted molar refractivity (Wildman–Crippen MR) is 83.4 cm³/mol. The molecule has 0 N–H and O–H groups in total. The van der Waals surface area contributed by atoms with Crippen LogP contribution in [0.25, 0.3) is 11.4 Å². The molecule has 22 heavy (non-hydrogen) atoms. The van der Waals surface area contributed by atoms with Crippen molar-refractivity contribution < 1.29 is 9.32 Å². The second-order valence-corrected chi connectivity index (χ2v) is 6.67.